The average molecular weight is 246 g/mol. The van der Waals surface area contributed by atoms with Crippen LogP contribution in [0.2, 0.25) is 0 Å². The first-order valence-electron chi connectivity index (χ1n) is 6.22. The molecule has 0 spiro atoms. The molecule has 0 fully saturated rings. The van der Waals surface area contributed by atoms with Crippen LogP contribution in [0.5, 0.6) is 0 Å². The molecule has 0 aromatic heterocycles. The molecule has 3 heteroatoms. The second-order valence-corrected chi connectivity index (χ2v) is 4.42. The van der Waals surface area contributed by atoms with E-state index >= 15 is 0 Å². The smallest absolute Gasteiger partial charge is 0.147 e. The topological polar surface area (TPSA) is 32.3 Å². The van der Waals surface area contributed by atoms with Crippen molar-refractivity contribution in [3.05, 3.63) is 48.6 Å². The highest BCUT2D eigenvalue weighted by Crippen LogP contribution is 2.05. The molecule has 0 aliphatic rings. The molecule has 1 aromatic carbocycles. The normalized spacial score (nSPS) is 12.4. The van der Waals surface area contributed by atoms with Crippen LogP contribution in [0.1, 0.15) is 12.5 Å². The van der Waals surface area contributed by atoms with Crippen LogP contribution in [0, 0.1) is 0 Å². The van der Waals surface area contributed by atoms with Gasteiger partial charge in [-0.15, -0.1) is 6.58 Å². The number of ketones is 1. The molecule has 0 amide bonds. The first-order valence-corrected chi connectivity index (χ1v) is 6.22. The summed E-state index contributed by atoms with van der Waals surface area (Å²) in [5.41, 5.74) is 1.25. The molecule has 0 saturated heterocycles. The predicted molar refractivity (Wildman–Crippen MR) is 75.4 cm³/mol. The van der Waals surface area contributed by atoms with Crippen LogP contribution in [-0.4, -0.2) is 36.9 Å². The second-order valence-electron chi connectivity index (χ2n) is 4.42. The third-order valence-corrected chi connectivity index (χ3v) is 2.92. The molecular weight excluding hydrogens is 224 g/mol. The van der Waals surface area contributed by atoms with Crippen LogP contribution in [-0.2, 0) is 11.3 Å². The summed E-state index contributed by atoms with van der Waals surface area (Å²) in [6.45, 7) is 7.70. The number of hydrogen-bond donors (Lipinski definition) is 1. The minimum absolute atomic E-state index is 0.117. The van der Waals surface area contributed by atoms with E-state index in [0.29, 0.717) is 6.54 Å². The highest BCUT2D eigenvalue weighted by Gasteiger charge is 2.15. The first kappa shape index (κ1) is 14.6. The van der Waals surface area contributed by atoms with Crippen LogP contribution >= 0.6 is 0 Å². The van der Waals surface area contributed by atoms with E-state index < -0.39 is 0 Å². The number of likely N-dealkylation sites (N-methyl/N-ethyl adjacent to an activating group) is 1. The van der Waals surface area contributed by atoms with Crippen molar-refractivity contribution in [1.82, 2.24) is 10.2 Å². The Labute approximate surface area is 109 Å². The molecule has 98 valence electrons. The van der Waals surface area contributed by atoms with Gasteiger partial charge in [0.2, 0.25) is 0 Å². The summed E-state index contributed by atoms with van der Waals surface area (Å²) < 4.78 is 0. The number of carbonyl (C=O) groups is 1. The van der Waals surface area contributed by atoms with E-state index in [-0.39, 0.29) is 11.8 Å². The quantitative estimate of drug-likeness (QED) is 0.711. The molecule has 0 bridgehead atoms. The van der Waals surface area contributed by atoms with Crippen LogP contribution in [0.4, 0.5) is 0 Å². The van der Waals surface area contributed by atoms with Gasteiger partial charge in [0, 0.05) is 19.6 Å². The van der Waals surface area contributed by atoms with E-state index in [0.717, 1.165) is 13.1 Å². The number of nitrogens with zero attached hydrogens (tertiary/aromatic N) is 1. The fourth-order valence-corrected chi connectivity index (χ4v) is 1.91. The number of rotatable bonds is 8. The van der Waals surface area contributed by atoms with Gasteiger partial charge in [0.25, 0.3) is 0 Å². The van der Waals surface area contributed by atoms with Crippen LogP contribution in [0.25, 0.3) is 0 Å². The predicted octanol–water partition coefficient (Wildman–Crippen LogP) is 1.85. The molecule has 0 aliphatic carbocycles. The van der Waals surface area contributed by atoms with Crippen molar-refractivity contribution in [2.75, 3.05) is 20.1 Å². The third-order valence-electron chi connectivity index (χ3n) is 2.92. The number of benzene rings is 1. The Morgan fingerprint density at radius 1 is 1.44 bits per heavy atom. The van der Waals surface area contributed by atoms with Crippen molar-refractivity contribution >= 4 is 5.78 Å². The number of Topliss-reactive ketones (excluding diaryl/α,β-unsaturated/α-hetero) is 1. The lowest BCUT2D eigenvalue weighted by Gasteiger charge is -2.25. The van der Waals surface area contributed by atoms with E-state index in [1.807, 2.05) is 31.3 Å². The van der Waals surface area contributed by atoms with E-state index in [9.17, 15) is 4.79 Å². The standard InChI is InChI=1S/C15H22N2O/c1-4-10-17(12-15(16-3)13(2)18)11-14-8-6-5-7-9-14/h4-9,15-16H,1,10-12H2,2-3H3/t15-/m0/s1. The fourth-order valence-electron chi connectivity index (χ4n) is 1.91. The van der Waals surface area contributed by atoms with Crippen molar-refractivity contribution in [2.24, 2.45) is 0 Å². The van der Waals surface area contributed by atoms with Gasteiger partial charge in [-0.1, -0.05) is 36.4 Å². The minimum atomic E-state index is -0.117. The zero-order valence-corrected chi connectivity index (χ0v) is 11.2. The molecule has 1 atom stereocenters. The summed E-state index contributed by atoms with van der Waals surface area (Å²) in [5, 5.41) is 3.05. The molecule has 0 aliphatic heterocycles. The monoisotopic (exact) mass is 246 g/mol. The van der Waals surface area contributed by atoms with Crippen molar-refractivity contribution in [3.8, 4) is 0 Å². The van der Waals surface area contributed by atoms with Gasteiger partial charge in [-0.05, 0) is 19.5 Å². The zero-order chi connectivity index (χ0) is 13.4. The van der Waals surface area contributed by atoms with Gasteiger partial charge in [-0.3, -0.25) is 9.69 Å². The molecular formula is C15H22N2O. The number of hydrogen-bond acceptors (Lipinski definition) is 3. The highest BCUT2D eigenvalue weighted by molar-refractivity contribution is 5.81. The third kappa shape index (κ3) is 4.82. The Bertz CT molecular complexity index is 375. The molecule has 3 nitrogen and oxygen atoms in total. The molecule has 1 N–H and O–H groups in total. The molecule has 0 unspecified atom stereocenters. The van der Waals surface area contributed by atoms with Gasteiger partial charge >= 0.3 is 0 Å². The average Bonchev–Trinajstić information content (AvgIpc) is 2.36. The lowest BCUT2D eigenvalue weighted by molar-refractivity contribution is -0.119. The maximum Gasteiger partial charge on any atom is 0.147 e. The van der Waals surface area contributed by atoms with E-state index in [1.165, 1.54) is 5.56 Å². The maximum absolute atomic E-state index is 11.5. The van der Waals surface area contributed by atoms with Crippen LogP contribution in [0.15, 0.2) is 43.0 Å². The Hall–Kier alpha value is -1.45. The molecule has 0 saturated carbocycles. The van der Waals surface area contributed by atoms with Gasteiger partial charge in [-0.2, -0.15) is 0 Å². The first-order chi connectivity index (χ1) is 8.67. The summed E-state index contributed by atoms with van der Waals surface area (Å²) in [6.07, 6.45) is 1.87. The number of carbonyl (C=O) groups excluding carboxylic acids is 1. The molecule has 18 heavy (non-hydrogen) atoms. The van der Waals surface area contributed by atoms with Crippen LogP contribution < -0.4 is 5.32 Å². The fraction of sp³-hybridized carbons (Fsp3) is 0.400. The Morgan fingerprint density at radius 2 is 2.11 bits per heavy atom. The lowest BCUT2D eigenvalue weighted by Crippen LogP contribution is -2.43. The zero-order valence-electron chi connectivity index (χ0n) is 11.2. The van der Waals surface area contributed by atoms with E-state index in [1.54, 1.807) is 6.92 Å². The van der Waals surface area contributed by atoms with Gasteiger partial charge in [0.05, 0.1) is 6.04 Å². The summed E-state index contributed by atoms with van der Waals surface area (Å²) in [6, 6.07) is 10.1. The van der Waals surface area contributed by atoms with Gasteiger partial charge in [-0.25, -0.2) is 0 Å². The van der Waals surface area contributed by atoms with Gasteiger partial charge in [0.1, 0.15) is 5.78 Å². The van der Waals surface area contributed by atoms with Crippen LogP contribution in [0.3, 0.4) is 0 Å². The molecule has 0 radical (unpaired) electrons. The largest absolute Gasteiger partial charge is 0.310 e. The summed E-state index contributed by atoms with van der Waals surface area (Å²) in [5.74, 6) is 0.166. The molecule has 1 rings (SSSR count). The summed E-state index contributed by atoms with van der Waals surface area (Å²) in [7, 11) is 1.82. The Morgan fingerprint density at radius 3 is 2.61 bits per heavy atom. The maximum atomic E-state index is 11.5. The SMILES string of the molecule is C=CCN(Cc1ccccc1)C[C@H](NC)C(C)=O. The highest BCUT2D eigenvalue weighted by atomic mass is 16.1. The van der Waals surface area contributed by atoms with E-state index in [2.05, 4.69) is 28.9 Å². The number of nitrogens with one attached hydrogen (secondary N) is 1. The van der Waals surface area contributed by atoms with E-state index in [4.69, 9.17) is 0 Å². The summed E-state index contributed by atoms with van der Waals surface area (Å²) in [4.78, 5) is 13.7. The molecule has 1 aromatic rings. The Balaban J connectivity index is 2.64. The van der Waals surface area contributed by atoms with Gasteiger partial charge < -0.3 is 5.32 Å². The van der Waals surface area contributed by atoms with Gasteiger partial charge in [0.15, 0.2) is 0 Å². The van der Waals surface area contributed by atoms with Crippen molar-refractivity contribution in [1.29, 1.82) is 0 Å². The van der Waals surface area contributed by atoms with Crippen molar-refractivity contribution < 1.29 is 4.79 Å². The summed E-state index contributed by atoms with van der Waals surface area (Å²) >= 11 is 0. The minimum Gasteiger partial charge on any atom is -0.310 e. The second kappa shape index (κ2) is 7.80. The van der Waals surface area contributed by atoms with Crippen molar-refractivity contribution in [3.63, 3.8) is 0 Å². The van der Waals surface area contributed by atoms with Crippen molar-refractivity contribution in [2.45, 2.75) is 19.5 Å². The Kier molecular flexibility index (Phi) is 6.33. The molecule has 0 heterocycles. The lowest BCUT2D eigenvalue weighted by atomic mass is 10.1.